The molecule has 96 valence electrons. The van der Waals surface area contributed by atoms with Gasteiger partial charge < -0.3 is 9.84 Å². The van der Waals surface area contributed by atoms with E-state index in [9.17, 15) is 5.11 Å². The lowest BCUT2D eigenvalue weighted by molar-refractivity contribution is 0.0472. The molecule has 0 saturated carbocycles. The molecule has 0 aromatic carbocycles. The SMILES string of the molecule is Cn1nc(Br)c(C(O)c2cc3n(n2)COCC3)n1. The molecule has 0 fully saturated rings. The highest BCUT2D eigenvalue weighted by atomic mass is 79.9. The molecule has 1 atom stereocenters. The lowest BCUT2D eigenvalue weighted by Gasteiger charge is -2.13. The third kappa shape index (κ3) is 1.96. The molecule has 0 bridgehead atoms. The van der Waals surface area contributed by atoms with Crippen LogP contribution in [0, 0.1) is 0 Å². The lowest BCUT2D eigenvalue weighted by atomic mass is 10.2. The van der Waals surface area contributed by atoms with Crippen LogP contribution in [0.2, 0.25) is 0 Å². The smallest absolute Gasteiger partial charge is 0.154 e. The first-order valence-corrected chi connectivity index (χ1v) is 6.33. The van der Waals surface area contributed by atoms with E-state index in [1.54, 1.807) is 11.7 Å². The Morgan fingerprint density at radius 1 is 1.44 bits per heavy atom. The van der Waals surface area contributed by atoms with Gasteiger partial charge in [0, 0.05) is 19.2 Å². The summed E-state index contributed by atoms with van der Waals surface area (Å²) in [7, 11) is 1.70. The Labute approximate surface area is 111 Å². The molecular weight excluding hydrogens is 302 g/mol. The van der Waals surface area contributed by atoms with Gasteiger partial charge in [0.25, 0.3) is 0 Å². The minimum Gasteiger partial charge on any atom is -0.380 e. The maximum atomic E-state index is 10.3. The van der Waals surface area contributed by atoms with E-state index in [0.29, 0.717) is 29.3 Å². The number of aryl methyl sites for hydroxylation is 1. The first-order chi connectivity index (χ1) is 8.65. The molecule has 0 spiro atoms. The number of hydrogen-bond acceptors (Lipinski definition) is 5. The van der Waals surface area contributed by atoms with Crippen LogP contribution in [0.15, 0.2) is 10.7 Å². The van der Waals surface area contributed by atoms with Crippen molar-refractivity contribution in [2.45, 2.75) is 19.3 Å². The van der Waals surface area contributed by atoms with Crippen molar-refractivity contribution in [3.8, 4) is 0 Å². The molecule has 0 aliphatic carbocycles. The molecule has 18 heavy (non-hydrogen) atoms. The number of rotatable bonds is 2. The van der Waals surface area contributed by atoms with Crippen LogP contribution in [0.5, 0.6) is 0 Å². The van der Waals surface area contributed by atoms with E-state index in [1.807, 2.05) is 6.07 Å². The van der Waals surface area contributed by atoms with Gasteiger partial charge in [-0.2, -0.15) is 15.0 Å². The number of aliphatic hydroxyl groups excluding tert-OH is 1. The third-order valence-corrected chi connectivity index (χ3v) is 3.40. The van der Waals surface area contributed by atoms with Crippen molar-refractivity contribution in [2.24, 2.45) is 7.05 Å². The standard InChI is InChI=1S/C10H12BrN5O2/c1-15-13-8(10(11)14-15)9(17)7-4-6-2-3-18-5-16(6)12-7/h4,9,17H,2-3,5H2,1H3. The van der Waals surface area contributed by atoms with Gasteiger partial charge in [0.1, 0.15) is 18.5 Å². The van der Waals surface area contributed by atoms with Crippen LogP contribution in [0.3, 0.4) is 0 Å². The van der Waals surface area contributed by atoms with Gasteiger partial charge in [-0.05, 0) is 22.0 Å². The summed E-state index contributed by atoms with van der Waals surface area (Å²) in [6.45, 7) is 1.12. The normalized spacial score (nSPS) is 16.6. The van der Waals surface area contributed by atoms with Crippen molar-refractivity contribution in [3.05, 3.63) is 27.8 Å². The minimum atomic E-state index is -0.883. The Kier molecular flexibility index (Phi) is 2.92. The predicted octanol–water partition coefficient (Wildman–Crippen LogP) is 0.386. The molecule has 1 aliphatic rings. The number of aromatic nitrogens is 5. The van der Waals surface area contributed by atoms with Crippen molar-refractivity contribution in [3.63, 3.8) is 0 Å². The second-order valence-electron chi connectivity index (χ2n) is 4.12. The first-order valence-electron chi connectivity index (χ1n) is 5.54. The molecule has 1 N–H and O–H groups in total. The molecule has 0 radical (unpaired) electrons. The average molecular weight is 314 g/mol. The highest BCUT2D eigenvalue weighted by Gasteiger charge is 2.23. The Morgan fingerprint density at radius 3 is 2.94 bits per heavy atom. The molecule has 0 amide bonds. The van der Waals surface area contributed by atoms with Gasteiger partial charge in [-0.15, -0.1) is 5.10 Å². The van der Waals surface area contributed by atoms with Gasteiger partial charge in [0.2, 0.25) is 0 Å². The summed E-state index contributed by atoms with van der Waals surface area (Å²) in [5.41, 5.74) is 2.10. The summed E-state index contributed by atoms with van der Waals surface area (Å²) < 4.78 is 7.58. The zero-order chi connectivity index (χ0) is 12.7. The van der Waals surface area contributed by atoms with Crippen LogP contribution in [0.1, 0.15) is 23.2 Å². The van der Waals surface area contributed by atoms with E-state index in [4.69, 9.17) is 4.74 Å². The van der Waals surface area contributed by atoms with E-state index < -0.39 is 6.10 Å². The quantitative estimate of drug-likeness (QED) is 0.867. The van der Waals surface area contributed by atoms with Crippen molar-refractivity contribution < 1.29 is 9.84 Å². The van der Waals surface area contributed by atoms with Crippen LogP contribution in [-0.2, 0) is 24.9 Å². The topological polar surface area (TPSA) is 78.0 Å². The summed E-state index contributed by atoms with van der Waals surface area (Å²) in [5.74, 6) is 0. The number of hydrogen-bond donors (Lipinski definition) is 1. The van der Waals surface area contributed by atoms with Crippen molar-refractivity contribution in [2.75, 3.05) is 6.61 Å². The maximum absolute atomic E-state index is 10.3. The molecule has 1 aliphatic heterocycles. The van der Waals surface area contributed by atoms with E-state index in [0.717, 1.165) is 12.1 Å². The zero-order valence-electron chi connectivity index (χ0n) is 9.75. The average Bonchev–Trinajstić information content (AvgIpc) is 2.91. The molecule has 3 heterocycles. The van der Waals surface area contributed by atoms with Gasteiger partial charge in [0.05, 0.1) is 12.3 Å². The molecule has 2 aromatic heterocycles. The van der Waals surface area contributed by atoms with Crippen LogP contribution in [0.25, 0.3) is 0 Å². The minimum absolute atomic E-state index is 0.434. The molecule has 8 heteroatoms. The second kappa shape index (κ2) is 4.45. The van der Waals surface area contributed by atoms with Crippen LogP contribution in [0.4, 0.5) is 0 Å². The number of aliphatic hydroxyl groups is 1. The highest BCUT2D eigenvalue weighted by Crippen LogP contribution is 2.25. The van der Waals surface area contributed by atoms with Crippen LogP contribution in [-0.4, -0.2) is 36.5 Å². The van der Waals surface area contributed by atoms with E-state index >= 15 is 0 Å². The van der Waals surface area contributed by atoms with Crippen molar-refractivity contribution in [1.29, 1.82) is 0 Å². The fourth-order valence-electron chi connectivity index (χ4n) is 1.96. The number of ether oxygens (including phenoxy) is 1. The molecular formula is C10H12BrN5O2. The summed E-state index contributed by atoms with van der Waals surface area (Å²) in [6, 6.07) is 1.88. The van der Waals surface area contributed by atoms with E-state index in [2.05, 4.69) is 31.2 Å². The molecule has 2 aromatic rings. The fourth-order valence-corrected chi connectivity index (χ4v) is 2.48. The Balaban J connectivity index is 1.94. The molecule has 1 unspecified atom stereocenters. The van der Waals surface area contributed by atoms with Crippen molar-refractivity contribution >= 4 is 15.9 Å². The number of halogens is 1. The lowest BCUT2D eigenvalue weighted by Crippen LogP contribution is -2.16. The van der Waals surface area contributed by atoms with Crippen LogP contribution < -0.4 is 0 Å². The molecule has 0 saturated heterocycles. The number of nitrogens with zero attached hydrogens (tertiary/aromatic N) is 5. The Bertz CT molecular complexity index is 555. The van der Waals surface area contributed by atoms with Gasteiger partial charge in [0.15, 0.2) is 4.60 Å². The maximum Gasteiger partial charge on any atom is 0.154 e. The van der Waals surface area contributed by atoms with Gasteiger partial charge in [-0.1, -0.05) is 0 Å². The Hall–Kier alpha value is -1.25. The largest absolute Gasteiger partial charge is 0.380 e. The third-order valence-electron chi connectivity index (χ3n) is 2.83. The highest BCUT2D eigenvalue weighted by molar-refractivity contribution is 9.10. The predicted molar refractivity (Wildman–Crippen MR) is 64.6 cm³/mol. The Morgan fingerprint density at radius 2 is 2.28 bits per heavy atom. The zero-order valence-corrected chi connectivity index (χ0v) is 11.3. The summed E-state index contributed by atoms with van der Waals surface area (Å²) in [6.07, 6.45) is -0.0763. The monoisotopic (exact) mass is 313 g/mol. The first kappa shape index (κ1) is 11.8. The summed E-state index contributed by atoms with van der Waals surface area (Å²) in [4.78, 5) is 1.40. The summed E-state index contributed by atoms with van der Waals surface area (Å²) in [5, 5.41) is 22.8. The van der Waals surface area contributed by atoms with Crippen molar-refractivity contribution in [1.82, 2.24) is 24.8 Å². The molecule has 3 rings (SSSR count). The second-order valence-corrected chi connectivity index (χ2v) is 4.87. The van der Waals surface area contributed by atoms with Gasteiger partial charge in [-0.3, -0.25) is 0 Å². The van der Waals surface area contributed by atoms with Gasteiger partial charge in [-0.25, -0.2) is 4.68 Å². The van der Waals surface area contributed by atoms with Gasteiger partial charge >= 0.3 is 0 Å². The van der Waals surface area contributed by atoms with E-state index in [1.165, 1.54) is 4.80 Å². The molecule has 7 nitrogen and oxygen atoms in total. The number of fused-ring (bicyclic) bond motifs is 1. The summed E-state index contributed by atoms with van der Waals surface area (Å²) >= 11 is 3.27. The van der Waals surface area contributed by atoms with Crippen LogP contribution >= 0.6 is 15.9 Å². The fraction of sp³-hybridized carbons (Fsp3) is 0.500. The van der Waals surface area contributed by atoms with E-state index in [-0.39, 0.29) is 0 Å².